The lowest BCUT2D eigenvalue weighted by Gasteiger charge is -2.19. The molecule has 0 spiro atoms. The fourth-order valence-electron chi connectivity index (χ4n) is 0.896. The van der Waals surface area contributed by atoms with Crippen molar-refractivity contribution >= 4 is 12.1 Å². The number of hydrogen-bond donors (Lipinski definition) is 1. The molecule has 0 rings (SSSR count). The molecule has 0 heterocycles. The van der Waals surface area contributed by atoms with Gasteiger partial charge in [-0.1, -0.05) is 5.57 Å². The average Bonchev–Trinajstić information content (AvgIpc) is 2.08. The van der Waals surface area contributed by atoms with Gasteiger partial charge in [-0.15, -0.1) is 0 Å². The summed E-state index contributed by atoms with van der Waals surface area (Å²) in [5, 5.41) is 2.49. The van der Waals surface area contributed by atoms with E-state index in [-0.39, 0.29) is 13.2 Å². The summed E-state index contributed by atoms with van der Waals surface area (Å²) in [6, 6.07) is 0. The topological polar surface area (TPSA) is 64.6 Å². The van der Waals surface area contributed by atoms with Gasteiger partial charge in [-0.25, -0.2) is 9.59 Å². The van der Waals surface area contributed by atoms with Gasteiger partial charge in [0.15, 0.2) is 0 Å². The Morgan fingerprint density at radius 3 is 2.29 bits per heavy atom. The third-order valence-corrected chi connectivity index (χ3v) is 1.42. The number of ether oxygens (including phenoxy) is 2. The summed E-state index contributed by atoms with van der Waals surface area (Å²) < 4.78 is 9.85. The third kappa shape index (κ3) is 10.8. The predicted molar refractivity (Wildman–Crippen MR) is 64.6 cm³/mol. The molecule has 5 heteroatoms. The van der Waals surface area contributed by atoms with Crippen molar-refractivity contribution in [1.82, 2.24) is 5.32 Å². The molecule has 0 saturated heterocycles. The summed E-state index contributed by atoms with van der Waals surface area (Å²) in [6.07, 6.45) is 0.878. The van der Waals surface area contributed by atoms with Gasteiger partial charge in [0.2, 0.25) is 0 Å². The first-order chi connectivity index (χ1) is 7.70. The van der Waals surface area contributed by atoms with Crippen LogP contribution >= 0.6 is 0 Å². The number of nitrogens with one attached hydrogen (secondary N) is 1. The van der Waals surface area contributed by atoms with Crippen LogP contribution in [0.15, 0.2) is 11.6 Å². The molecule has 5 nitrogen and oxygen atoms in total. The van der Waals surface area contributed by atoms with E-state index in [0.29, 0.717) is 0 Å². The van der Waals surface area contributed by atoms with Crippen molar-refractivity contribution in [3.63, 3.8) is 0 Å². The van der Waals surface area contributed by atoms with E-state index in [4.69, 9.17) is 9.47 Å². The highest BCUT2D eigenvalue weighted by Crippen LogP contribution is 2.05. The Morgan fingerprint density at radius 2 is 1.82 bits per heavy atom. The van der Waals surface area contributed by atoms with Crippen LogP contribution in [0.5, 0.6) is 0 Å². The number of carbonyl (C=O) groups excluding carboxylic acids is 2. The van der Waals surface area contributed by atoms with Gasteiger partial charge in [-0.05, 0) is 34.6 Å². The summed E-state index contributed by atoms with van der Waals surface area (Å²) in [6.45, 7) is 9.31. The Kier molecular flexibility index (Phi) is 6.31. The van der Waals surface area contributed by atoms with E-state index in [9.17, 15) is 9.59 Å². The molecule has 0 unspecified atom stereocenters. The van der Waals surface area contributed by atoms with Crippen LogP contribution in [-0.2, 0) is 14.3 Å². The SMILES string of the molecule is CC(C)=CC(=O)OCCNC(=O)OC(C)(C)C. The number of amides is 1. The number of alkyl carbamates (subject to hydrolysis) is 1. The summed E-state index contributed by atoms with van der Waals surface area (Å²) in [7, 11) is 0. The minimum absolute atomic E-state index is 0.127. The lowest BCUT2D eigenvalue weighted by Crippen LogP contribution is -2.34. The van der Waals surface area contributed by atoms with E-state index in [1.807, 2.05) is 0 Å². The van der Waals surface area contributed by atoms with Crippen LogP contribution < -0.4 is 5.32 Å². The Balaban J connectivity index is 3.69. The van der Waals surface area contributed by atoms with Crippen molar-refractivity contribution in [1.29, 1.82) is 0 Å². The molecule has 0 aliphatic carbocycles. The second kappa shape index (κ2) is 6.93. The lowest BCUT2D eigenvalue weighted by molar-refractivity contribution is -0.137. The highest BCUT2D eigenvalue weighted by molar-refractivity contribution is 5.82. The van der Waals surface area contributed by atoms with Crippen molar-refractivity contribution < 1.29 is 19.1 Å². The summed E-state index contributed by atoms with van der Waals surface area (Å²) >= 11 is 0. The van der Waals surface area contributed by atoms with Crippen LogP contribution in [0.25, 0.3) is 0 Å². The van der Waals surface area contributed by atoms with Gasteiger partial charge >= 0.3 is 12.1 Å². The normalized spacial score (nSPS) is 10.4. The first kappa shape index (κ1) is 15.5. The molecule has 0 aliphatic rings. The molecule has 0 aromatic heterocycles. The zero-order valence-corrected chi connectivity index (χ0v) is 11.1. The van der Waals surface area contributed by atoms with E-state index in [1.165, 1.54) is 6.08 Å². The maximum atomic E-state index is 11.2. The summed E-state index contributed by atoms with van der Waals surface area (Å²) in [5.74, 6) is -0.406. The number of esters is 1. The van der Waals surface area contributed by atoms with Crippen molar-refractivity contribution in [2.75, 3.05) is 13.2 Å². The van der Waals surface area contributed by atoms with Crippen LogP contribution in [0.3, 0.4) is 0 Å². The molecule has 0 saturated carbocycles. The van der Waals surface area contributed by atoms with E-state index in [1.54, 1.807) is 34.6 Å². The molecule has 1 N–H and O–H groups in total. The third-order valence-electron chi connectivity index (χ3n) is 1.42. The van der Waals surface area contributed by atoms with Crippen molar-refractivity contribution in [3.05, 3.63) is 11.6 Å². The highest BCUT2D eigenvalue weighted by atomic mass is 16.6. The van der Waals surface area contributed by atoms with Crippen LogP contribution in [0, 0.1) is 0 Å². The minimum atomic E-state index is -0.525. The zero-order valence-electron chi connectivity index (χ0n) is 11.1. The second-order valence-electron chi connectivity index (χ2n) is 4.82. The number of carbonyl (C=O) groups is 2. The van der Waals surface area contributed by atoms with Crippen molar-refractivity contribution in [2.45, 2.75) is 40.2 Å². The number of allylic oxidation sites excluding steroid dienone is 1. The Hall–Kier alpha value is -1.52. The van der Waals surface area contributed by atoms with E-state index < -0.39 is 17.7 Å². The van der Waals surface area contributed by atoms with Crippen LogP contribution in [0.2, 0.25) is 0 Å². The Labute approximate surface area is 102 Å². The van der Waals surface area contributed by atoms with E-state index >= 15 is 0 Å². The largest absolute Gasteiger partial charge is 0.461 e. The molecule has 0 fully saturated rings. The maximum absolute atomic E-state index is 11.2. The molecular formula is C12H21NO4. The predicted octanol–water partition coefficient (Wildman–Crippen LogP) is 2.02. The van der Waals surface area contributed by atoms with Gasteiger partial charge in [0.25, 0.3) is 0 Å². The van der Waals surface area contributed by atoms with Gasteiger partial charge in [-0.3, -0.25) is 0 Å². The molecule has 0 atom stereocenters. The first-order valence-electron chi connectivity index (χ1n) is 5.49. The monoisotopic (exact) mass is 243 g/mol. The fraction of sp³-hybridized carbons (Fsp3) is 0.667. The van der Waals surface area contributed by atoms with E-state index in [0.717, 1.165) is 5.57 Å². The quantitative estimate of drug-likeness (QED) is 0.466. The molecule has 0 radical (unpaired) electrons. The number of hydrogen-bond acceptors (Lipinski definition) is 4. The standard InChI is InChI=1S/C12H21NO4/c1-9(2)8-10(14)16-7-6-13-11(15)17-12(3,4)5/h8H,6-7H2,1-5H3,(H,13,15). The zero-order chi connectivity index (χ0) is 13.5. The Morgan fingerprint density at radius 1 is 1.24 bits per heavy atom. The average molecular weight is 243 g/mol. The molecular weight excluding hydrogens is 222 g/mol. The van der Waals surface area contributed by atoms with Crippen molar-refractivity contribution in [3.8, 4) is 0 Å². The minimum Gasteiger partial charge on any atom is -0.461 e. The summed E-state index contributed by atoms with van der Waals surface area (Å²) in [4.78, 5) is 22.3. The lowest BCUT2D eigenvalue weighted by atomic mass is 10.2. The molecule has 0 aromatic rings. The second-order valence-corrected chi connectivity index (χ2v) is 4.82. The highest BCUT2D eigenvalue weighted by Gasteiger charge is 2.15. The molecule has 98 valence electrons. The van der Waals surface area contributed by atoms with Crippen LogP contribution in [-0.4, -0.2) is 30.8 Å². The smallest absolute Gasteiger partial charge is 0.407 e. The van der Waals surface area contributed by atoms with Gasteiger partial charge in [-0.2, -0.15) is 0 Å². The van der Waals surface area contributed by atoms with Crippen LogP contribution in [0.4, 0.5) is 4.79 Å². The van der Waals surface area contributed by atoms with E-state index in [2.05, 4.69) is 5.32 Å². The summed E-state index contributed by atoms with van der Waals surface area (Å²) in [5.41, 5.74) is 0.345. The number of rotatable bonds is 4. The van der Waals surface area contributed by atoms with Gasteiger partial charge < -0.3 is 14.8 Å². The molecule has 0 aliphatic heterocycles. The molecule has 17 heavy (non-hydrogen) atoms. The van der Waals surface area contributed by atoms with Crippen molar-refractivity contribution in [2.24, 2.45) is 0 Å². The first-order valence-corrected chi connectivity index (χ1v) is 5.49. The maximum Gasteiger partial charge on any atom is 0.407 e. The van der Waals surface area contributed by atoms with Gasteiger partial charge in [0, 0.05) is 6.08 Å². The van der Waals surface area contributed by atoms with Gasteiger partial charge in [0.1, 0.15) is 12.2 Å². The molecule has 1 amide bonds. The van der Waals surface area contributed by atoms with Gasteiger partial charge in [0.05, 0.1) is 6.54 Å². The molecule has 0 bridgehead atoms. The van der Waals surface area contributed by atoms with Crippen LogP contribution in [0.1, 0.15) is 34.6 Å². The molecule has 0 aromatic carbocycles. The Bertz CT molecular complexity index is 298. The fourth-order valence-corrected chi connectivity index (χ4v) is 0.896.